The van der Waals surface area contributed by atoms with Crippen LogP contribution in [0.25, 0.3) is 10.9 Å². The second-order valence-corrected chi connectivity index (χ2v) is 6.45. The van der Waals surface area contributed by atoms with E-state index in [0.717, 1.165) is 28.5 Å². The molecule has 0 aliphatic heterocycles. The maximum atomic E-state index is 13.3. The molecule has 0 fully saturated rings. The molecule has 8 heteroatoms. The lowest BCUT2D eigenvalue weighted by molar-refractivity contribution is 0.143. The second-order valence-electron chi connectivity index (χ2n) is 6.45. The van der Waals surface area contributed by atoms with Crippen LogP contribution in [0.1, 0.15) is 11.1 Å². The summed E-state index contributed by atoms with van der Waals surface area (Å²) in [7, 11) is 3.36. The van der Waals surface area contributed by atoms with Crippen molar-refractivity contribution in [3.05, 3.63) is 59.7 Å². The number of aromatic nitrogens is 2. The lowest BCUT2D eigenvalue weighted by Crippen LogP contribution is -2.37. The van der Waals surface area contributed by atoms with Crippen molar-refractivity contribution in [3.8, 4) is 5.88 Å². The molecule has 154 valence electrons. The summed E-state index contributed by atoms with van der Waals surface area (Å²) in [5, 5.41) is 7.59. The third-order valence-corrected chi connectivity index (χ3v) is 4.43. The molecule has 2 heterocycles. The molecule has 0 amide bonds. The number of halogens is 1. The Labute approximate surface area is 169 Å². The monoisotopic (exact) mass is 399 g/mol. The van der Waals surface area contributed by atoms with Gasteiger partial charge in [0.25, 0.3) is 0 Å². The van der Waals surface area contributed by atoms with Gasteiger partial charge in [-0.05, 0) is 35.7 Å². The Kier molecular flexibility index (Phi) is 7.40. The largest absolute Gasteiger partial charge is 0.475 e. The summed E-state index contributed by atoms with van der Waals surface area (Å²) < 4.78 is 23.7. The molecule has 0 aliphatic carbocycles. The summed E-state index contributed by atoms with van der Waals surface area (Å²) in [6.07, 6.45) is 4.48. The standard InChI is InChI=1S/C21H26FN5O2/c1-23-21(27-13-15-3-6-20(26-12-15)29-10-9-28-2)24-8-7-16-14-25-19-11-17(22)4-5-18(16)19/h3-6,11-12,14,25H,7-10,13H2,1-2H3,(H2,23,24,27). The maximum absolute atomic E-state index is 13.3. The molecular weight excluding hydrogens is 373 g/mol. The molecule has 2 aromatic heterocycles. The molecule has 0 spiro atoms. The lowest BCUT2D eigenvalue weighted by atomic mass is 10.1. The van der Waals surface area contributed by atoms with Gasteiger partial charge in [0.05, 0.1) is 6.61 Å². The highest BCUT2D eigenvalue weighted by atomic mass is 19.1. The van der Waals surface area contributed by atoms with Crippen molar-refractivity contribution in [2.75, 3.05) is 33.9 Å². The van der Waals surface area contributed by atoms with Crippen LogP contribution < -0.4 is 15.4 Å². The number of hydrogen-bond donors (Lipinski definition) is 3. The van der Waals surface area contributed by atoms with Gasteiger partial charge >= 0.3 is 0 Å². The fourth-order valence-corrected chi connectivity index (χ4v) is 2.92. The minimum atomic E-state index is -0.238. The van der Waals surface area contributed by atoms with Gasteiger partial charge in [0.15, 0.2) is 5.96 Å². The Morgan fingerprint density at radius 3 is 2.86 bits per heavy atom. The highest BCUT2D eigenvalue weighted by Gasteiger charge is 2.05. The Morgan fingerprint density at radius 2 is 2.10 bits per heavy atom. The molecule has 0 atom stereocenters. The van der Waals surface area contributed by atoms with E-state index in [-0.39, 0.29) is 5.82 Å². The first-order valence-electron chi connectivity index (χ1n) is 9.46. The van der Waals surface area contributed by atoms with Crippen molar-refractivity contribution in [1.29, 1.82) is 0 Å². The van der Waals surface area contributed by atoms with Crippen molar-refractivity contribution < 1.29 is 13.9 Å². The summed E-state index contributed by atoms with van der Waals surface area (Å²) in [5.74, 6) is 1.04. The highest BCUT2D eigenvalue weighted by molar-refractivity contribution is 5.83. The average molecular weight is 399 g/mol. The Bertz CT molecular complexity index is 940. The molecule has 3 aromatic rings. The molecule has 29 heavy (non-hydrogen) atoms. The zero-order valence-electron chi connectivity index (χ0n) is 16.7. The van der Waals surface area contributed by atoms with Crippen LogP contribution in [0, 0.1) is 5.82 Å². The third kappa shape index (κ3) is 5.92. The third-order valence-electron chi connectivity index (χ3n) is 4.43. The van der Waals surface area contributed by atoms with E-state index in [4.69, 9.17) is 9.47 Å². The minimum absolute atomic E-state index is 0.238. The number of guanidine groups is 1. The van der Waals surface area contributed by atoms with Crippen molar-refractivity contribution >= 4 is 16.9 Å². The highest BCUT2D eigenvalue weighted by Crippen LogP contribution is 2.19. The predicted octanol–water partition coefficient (Wildman–Crippen LogP) is 2.63. The van der Waals surface area contributed by atoms with Crippen LogP contribution in [0.4, 0.5) is 4.39 Å². The van der Waals surface area contributed by atoms with E-state index in [1.165, 1.54) is 12.1 Å². The van der Waals surface area contributed by atoms with Crippen LogP contribution in [0.5, 0.6) is 5.88 Å². The van der Waals surface area contributed by atoms with Crippen LogP contribution in [-0.4, -0.2) is 49.8 Å². The van der Waals surface area contributed by atoms with Gasteiger partial charge in [0.1, 0.15) is 12.4 Å². The van der Waals surface area contributed by atoms with E-state index in [1.54, 1.807) is 26.4 Å². The predicted molar refractivity (Wildman–Crippen MR) is 112 cm³/mol. The Morgan fingerprint density at radius 1 is 1.21 bits per heavy atom. The number of aromatic amines is 1. The fraction of sp³-hybridized carbons (Fsp3) is 0.333. The number of rotatable bonds is 9. The SMILES string of the molecule is CN=C(NCCc1c[nH]c2cc(F)ccc12)NCc1ccc(OCCOC)nc1. The van der Waals surface area contributed by atoms with Gasteiger partial charge < -0.3 is 25.1 Å². The van der Waals surface area contributed by atoms with Crippen molar-refractivity contribution in [2.45, 2.75) is 13.0 Å². The van der Waals surface area contributed by atoms with E-state index in [2.05, 4.69) is 25.6 Å². The molecule has 0 saturated heterocycles. The van der Waals surface area contributed by atoms with Gasteiger partial charge in [-0.15, -0.1) is 0 Å². The molecule has 0 saturated carbocycles. The smallest absolute Gasteiger partial charge is 0.213 e. The van der Waals surface area contributed by atoms with Crippen LogP contribution in [0.2, 0.25) is 0 Å². The van der Waals surface area contributed by atoms with Gasteiger partial charge in [-0.1, -0.05) is 6.07 Å². The number of pyridine rings is 1. The van der Waals surface area contributed by atoms with Gasteiger partial charge in [-0.2, -0.15) is 0 Å². The summed E-state index contributed by atoms with van der Waals surface area (Å²) in [6.45, 7) is 2.30. The van der Waals surface area contributed by atoms with Gasteiger partial charge in [-0.3, -0.25) is 4.99 Å². The van der Waals surface area contributed by atoms with Crippen LogP contribution >= 0.6 is 0 Å². The summed E-state index contributed by atoms with van der Waals surface area (Å²) >= 11 is 0. The second kappa shape index (κ2) is 10.4. The fourth-order valence-electron chi connectivity index (χ4n) is 2.92. The number of hydrogen-bond acceptors (Lipinski definition) is 4. The molecule has 0 radical (unpaired) electrons. The molecule has 7 nitrogen and oxygen atoms in total. The number of nitrogens with one attached hydrogen (secondary N) is 3. The normalized spacial score (nSPS) is 11.6. The van der Waals surface area contributed by atoms with Crippen LogP contribution in [0.15, 0.2) is 47.7 Å². The molecule has 0 aliphatic rings. The number of ether oxygens (including phenoxy) is 2. The zero-order valence-corrected chi connectivity index (χ0v) is 16.7. The first-order chi connectivity index (χ1) is 14.2. The van der Waals surface area contributed by atoms with Crippen molar-refractivity contribution in [3.63, 3.8) is 0 Å². The summed E-state index contributed by atoms with van der Waals surface area (Å²) in [4.78, 5) is 11.6. The molecule has 0 bridgehead atoms. The number of benzene rings is 1. The molecule has 1 aromatic carbocycles. The number of fused-ring (bicyclic) bond motifs is 1. The lowest BCUT2D eigenvalue weighted by Gasteiger charge is -2.12. The Hall–Kier alpha value is -3.13. The molecule has 3 rings (SSSR count). The van der Waals surface area contributed by atoms with Gasteiger partial charge in [0, 0.05) is 56.6 Å². The summed E-state index contributed by atoms with van der Waals surface area (Å²) in [5.41, 5.74) is 2.96. The van der Waals surface area contributed by atoms with E-state index >= 15 is 0 Å². The van der Waals surface area contributed by atoms with Gasteiger partial charge in [-0.25, -0.2) is 9.37 Å². The molecular formula is C21H26FN5O2. The van der Waals surface area contributed by atoms with Crippen molar-refractivity contribution in [1.82, 2.24) is 20.6 Å². The minimum Gasteiger partial charge on any atom is -0.475 e. The molecule has 3 N–H and O–H groups in total. The van der Waals surface area contributed by atoms with E-state index in [0.29, 0.717) is 38.1 Å². The van der Waals surface area contributed by atoms with E-state index in [9.17, 15) is 4.39 Å². The number of methoxy groups -OCH3 is 1. The first-order valence-corrected chi connectivity index (χ1v) is 9.46. The van der Waals surface area contributed by atoms with Crippen LogP contribution in [-0.2, 0) is 17.7 Å². The van der Waals surface area contributed by atoms with E-state index < -0.39 is 0 Å². The maximum Gasteiger partial charge on any atom is 0.213 e. The van der Waals surface area contributed by atoms with Crippen molar-refractivity contribution in [2.24, 2.45) is 4.99 Å². The quantitative estimate of drug-likeness (QED) is 0.293. The van der Waals surface area contributed by atoms with Crippen LogP contribution in [0.3, 0.4) is 0 Å². The number of nitrogens with zero attached hydrogens (tertiary/aromatic N) is 2. The average Bonchev–Trinajstić information content (AvgIpc) is 3.13. The van der Waals surface area contributed by atoms with Gasteiger partial charge in [0.2, 0.25) is 5.88 Å². The Balaban J connectivity index is 1.44. The molecule has 0 unspecified atom stereocenters. The van der Waals surface area contributed by atoms with E-state index in [1.807, 2.05) is 18.3 Å². The number of aliphatic imine (C=N–C) groups is 1. The zero-order chi connectivity index (χ0) is 20.5. The number of H-pyrrole nitrogens is 1. The summed E-state index contributed by atoms with van der Waals surface area (Å²) in [6, 6.07) is 8.59. The first kappa shape index (κ1) is 20.6. The topological polar surface area (TPSA) is 83.6 Å².